The van der Waals surface area contributed by atoms with Gasteiger partial charge in [-0.05, 0) is 75.8 Å². The van der Waals surface area contributed by atoms with Crippen molar-refractivity contribution in [3.05, 3.63) is 41.2 Å². The van der Waals surface area contributed by atoms with Crippen molar-refractivity contribution in [2.24, 2.45) is 0 Å². The van der Waals surface area contributed by atoms with Crippen LogP contribution in [-0.4, -0.2) is 62.0 Å². The van der Waals surface area contributed by atoms with Crippen LogP contribution in [0.25, 0.3) is 22.2 Å². The highest BCUT2D eigenvalue weighted by Crippen LogP contribution is 2.37. The molecule has 3 aromatic rings. The Bertz CT molecular complexity index is 1170. The first-order valence-electron chi connectivity index (χ1n) is 12.3. The zero-order valence-electron chi connectivity index (χ0n) is 23.1. The zero-order valence-corrected chi connectivity index (χ0v) is 25.8. The molecule has 0 N–H and O–H groups in total. The van der Waals surface area contributed by atoms with Gasteiger partial charge in [0.15, 0.2) is 8.32 Å². The van der Waals surface area contributed by atoms with Gasteiger partial charge in [0.25, 0.3) is 0 Å². The molecule has 1 atom stereocenters. The third kappa shape index (κ3) is 6.53. The van der Waals surface area contributed by atoms with Gasteiger partial charge in [0, 0.05) is 36.4 Å². The van der Waals surface area contributed by atoms with Crippen molar-refractivity contribution in [2.75, 3.05) is 34.0 Å². The maximum atomic E-state index is 6.46. The topological polar surface area (TPSA) is 43.2 Å². The van der Waals surface area contributed by atoms with E-state index in [1.54, 1.807) is 0 Å². The molecule has 192 valence electrons. The molecule has 0 bridgehead atoms. The standard InChI is InChI=1S/C27H42ClN4OPSi/c1-19(13-14-33-35(9,10)27(2,3)4)32-23-16-25(28)29-17-22(23)26(30-32)20-11-12-24(34(7)8)21(15-20)18-31(5)6/h11-12,15-17,19H,13-14,18H2,1-10H3/t19-/m0/s1. The van der Waals surface area contributed by atoms with Crippen LogP contribution in [0, 0.1) is 0 Å². The molecule has 0 saturated heterocycles. The van der Waals surface area contributed by atoms with Gasteiger partial charge in [-0.2, -0.15) is 5.10 Å². The molecule has 3 rings (SSSR count). The molecule has 0 spiro atoms. The van der Waals surface area contributed by atoms with E-state index in [9.17, 15) is 0 Å². The van der Waals surface area contributed by atoms with Gasteiger partial charge in [-0.3, -0.25) is 4.68 Å². The van der Waals surface area contributed by atoms with Crippen LogP contribution in [0.3, 0.4) is 0 Å². The first-order chi connectivity index (χ1) is 16.2. The van der Waals surface area contributed by atoms with Crippen molar-refractivity contribution in [3.8, 4) is 11.3 Å². The Kier molecular flexibility index (Phi) is 8.87. The Balaban J connectivity index is 1.98. The van der Waals surface area contributed by atoms with E-state index in [0.717, 1.165) is 41.7 Å². The highest BCUT2D eigenvalue weighted by molar-refractivity contribution is 7.64. The molecule has 0 aliphatic rings. The number of halogens is 1. The maximum absolute atomic E-state index is 6.46. The van der Waals surface area contributed by atoms with Crippen molar-refractivity contribution in [1.82, 2.24) is 19.7 Å². The van der Waals surface area contributed by atoms with Crippen LogP contribution in [0.4, 0.5) is 0 Å². The smallest absolute Gasteiger partial charge is 0.191 e. The van der Waals surface area contributed by atoms with Gasteiger partial charge in [0.1, 0.15) is 10.8 Å². The Morgan fingerprint density at radius 3 is 2.46 bits per heavy atom. The second-order valence-electron chi connectivity index (χ2n) is 11.5. The van der Waals surface area contributed by atoms with Crippen LogP contribution in [0.15, 0.2) is 30.5 Å². The van der Waals surface area contributed by atoms with Gasteiger partial charge in [-0.1, -0.05) is 52.4 Å². The molecule has 0 aliphatic carbocycles. The molecule has 0 aliphatic heterocycles. The van der Waals surface area contributed by atoms with E-state index < -0.39 is 8.32 Å². The summed E-state index contributed by atoms with van der Waals surface area (Å²) in [6.45, 7) is 19.9. The van der Waals surface area contributed by atoms with Crippen molar-refractivity contribution >= 4 is 44.0 Å². The van der Waals surface area contributed by atoms with Gasteiger partial charge >= 0.3 is 0 Å². The minimum atomic E-state index is -1.78. The minimum absolute atomic E-state index is 0.175. The van der Waals surface area contributed by atoms with Crippen molar-refractivity contribution in [1.29, 1.82) is 0 Å². The lowest BCUT2D eigenvalue weighted by atomic mass is 10.1. The summed E-state index contributed by atoms with van der Waals surface area (Å²) in [5.41, 5.74) is 4.47. The molecule has 0 unspecified atom stereocenters. The number of fused-ring (bicyclic) bond motifs is 1. The number of rotatable bonds is 9. The third-order valence-corrected chi connectivity index (χ3v) is 13.2. The number of hydrogen-bond acceptors (Lipinski definition) is 4. The molecular formula is C27H42ClN4OPSi. The number of pyridine rings is 1. The quantitative estimate of drug-likeness (QED) is 0.167. The van der Waals surface area contributed by atoms with Gasteiger partial charge in [0.05, 0.1) is 11.6 Å². The maximum Gasteiger partial charge on any atom is 0.191 e. The number of aromatic nitrogens is 3. The normalized spacial score (nSPS) is 13.9. The molecule has 8 heteroatoms. The average Bonchev–Trinajstić information content (AvgIpc) is 3.10. The Morgan fingerprint density at radius 1 is 1.17 bits per heavy atom. The van der Waals surface area contributed by atoms with Crippen molar-refractivity contribution < 1.29 is 4.43 Å². The fraction of sp³-hybridized carbons (Fsp3) is 0.556. The molecule has 0 fully saturated rings. The molecule has 2 aromatic heterocycles. The Morgan fingerprint density at radius 2 is 1.86 bits per heavy atom. The van der Waals surface area contributed by atoms with E-state index in [0.29, 0.717) is 5.15 Å². The molecular weight excluding hydrogens is 491 g/mol. The molecule has 0 radical (unpaired) electrons. The van der Waals surface area contributed by atoms with Gasteiger partial charge in [0.2, 0.25) is 0 Å². The lowest BCUT2D eigenvalue weighted by molar-refractivity contribution is 0.257. The van der Waals surface area contributed by atoms with E-state index in [1.807, 2.05) is 12.3 Å². The SMILES string of the molecule is C[C@@H](CCO[Si](C)(C)C(C)(C)C)n1nc(-c2ccc(P(C)C)c(CN(C)C)c2)c2cnc(Cl)cc21. The summed E-state index contributed by atoms with van der Waals surface area (Å²) >= 11 is 6.33. The van der Waals surface area contributed by atoms with Crippen LogP contribution < -0.4 is 5.30 Å². The van der Waals surface area contributed by atoms with E-state index in [2.05, 4.69) is 101 Å². The summed E-state index contributed by atoms with van der Waals surface area (Å²) in [5.74, 6) is 0. The second kappa shape index (κ2) is 11.0. The average molecular weight is 533 g/mol. The first kappa shape index (κ1) is 28.3. The van der Waals surface area contributed by atoms with E-state index in [4.69, 9.17) is 21.1 Å². The van der Waals surface area contributed by atoms with Crippen LogP contribution in [-0.2, 0) is 11.0 Å². The molecule has 0 amide bonds. The summed E-state index contributed by atoms with van der Waals surface area (Å²) in [6, 6.07) is 8.91. The van der Waals surface area contributed by atoms with Crippen LogP contribution in [0.2, 0.25) is 23.3 Å². The minimum Gasteiger partial charge on any atom is -0.417 e. The first-order valence-corrected chi connectivity index (χ1v) is 17.9. The molecule has 2 heterocycles. The lowest BCUT2D eigenvalue weighted by Crippen LogP contribution is -2.41. The Labute approximate surface area is 219 Å². The highest BCUT2D eigenvalue weighted by Gasteiger charge is 2.37. The fourth-order valence-electron chi connectivity index (χ4n) is 4.02. The predicted molar refractivity (Wildman–Crippen MR) is 156 cm³/mol. The zero-order chi connectivity index (χ0) is 26.1. The second-order valence-corrected chi connectivity index (χ2v) is 19.0. The van der Waals surface area contributed by atoms with Crippen LogP contribution in [0.1, 0.15) is 45.7 Å². The van der Waals surface area contributed by atoms with E-state index in [-0.39, 0.29) is 19.0 Å². The molecule has 35 heavy (non-hydrogen) atoms. The summed E-state index contributed by atoms with van der Waals surface area (Å²) in [6.07, 6.45) is 2.75. The van der Waals surface area contributed by atoms with E-state index in [1.165, 1.54) is 10.9 Å². The van der Waals surface area contributed by atoms with Crippen LogP contribution >= 0.6 is 19.5 Å². The molecule has 1 aromatic carbocycles. The summed E-state index contributed by atoms with van der Waals surface area (Å²) in [4.78, 5) is 6.62. The summed E-state index contributed by atoms with van der Waals surface area (Å²) in [7, 11) is 2.27. The molecule has 5 nitrogen and oxygen atoms in total. The highest BCUT2D eigenvalue weighted by atomic mass is 35.5. The van der Waals surface area contributed by atoms with Gasteiger partial charge < -0.3 is 9.33 Å². The Hall–Kier alpha value is -1.30. The summed E-state index contributed by atoms with van der Waals surface area (Å²) in [5, 5.41) is 8.29. The predicted octanol–water partition coefficient (Wildman–Crippen LogP) is 7.15. The monoisotopic (exact) mass is 532 g/mol. The number of nitrogens with zero attached hydrogens (tertiary/aromatic N) is 4. The number of benzene rings is 1. The van der Waals surface area contributed by atoms with Crippen LogP contribution in [0.5, 0.6) is 0 Å². The van der Waals surface area contributed by atoms with Crippen molar-refractivity contribution in [3.63, 3.8) is 0 Å². The lowest BCUT2D eigenvalue weighted by Gasteiger charge is -2.36. The summed E-state index contributed by atoms with van der Waals surface area (Å²) < 4.78 is 8.57. The third-order valence-electron chi connectivity index (χ3n) is 7.10. The van der Waals surface area contributed by atoms with Gasteiger partial charge in [-0.15, -0.1) is 0 Å². The molecule has 0 saturated carbocycles. The number of hydrogen-bond donors (Lipinski definition) is 0. The van der Waals surface area contributed by atoms with Gasteiger partial charge in [-0.25, -0.2) is 4.98 Å². The van der Waals surface area contributed by atoms with Crippen molar-refractivity contribution in [2.45, 2.75) is 64.8 Å². The van der Waals surface area contributed by atoms with E-state index >= 15 is 0 Å². The largest absolute Gasteiger partial charge is 0.417 e. The fourth-order valence-corrected chi connectivity index (χ4v) is 6.31.